The number of sulfonamides is 1. The van der Waals surface area contributed by atoms with Gasteiger partial charge in [0.1, 0.15) is 15.9 Å². The lowest BCUT2D eigenvalue weighted by Crippen LogP contribution is -2.41. The van der Waals surface area contributed by atoms with Crippen molar-refractivity contribution in [2.24, 2.45) is 5.92 Å². The molecule has 1 amide bonds. The lowest BCUT2D eigenvalue weighted by molar-refractivity contribution is -0.126. The van der Waals surface area contributed by atoms with Gasteiger partial charge in [0.15, 0.2) is 0 Å². The van der Waals surface area contributed by atoms with E-state index in [1.54, 1.807) is 12.1 Å². The van der Waals surface area contributed by atoms with Crippen molar-refractivity contribution in [2.45, 2.75) is 49.6 Å². The molecule has 10 heteroatoms. The van der Waals surface area contributed by atoms with Crippen molar-refractivity contribution in [1.29, 1.82) is 0 Å². The van der Waals surface area contributed by atoms with Crippen molar-refractivity contribution >= 4 is 43.5 Å². The maximum Gasteiger partial charge on any atom is 0.242 e. The van der Waals surface area contributed by atoms with Gasteiger partial charge in [-0.15, -0.1) is 0 Å². The number of pyridine rings is 1. The molecule has 162 valence electrons. The Hall–Kier alpha value is -1.55. The summed E-state index contributed by atoms with van der Waals surface area (Å²) in [6.07, 6.45) is 3.50. The Kier molecular flexibility index (Phi) is 7.49. The lowest BCUT2D eigenvalue weighted by Gasteiger charge is -2.29. The third-order valence-electron chi connectivity index (χ3n) is 5.23. The normalized spacial score (nSPS) is 20.5. The molecule has 0 radical (unpaired) electrons. The fourth-order valence-electron chi connectivity index (χ4n) is 3.48. The minimum absolute atomic E-state index is 0.0340. The predicted molar refractivity (Wildman–Crippen MR) is 116 cm³/mol. The third kappa shape index (κ3) is 5.78. The van der Waals surface area contributed by atoms with Crippen molar-refractivity contribution in [3.8, 4) is 0 Å². The van der Waals surface area contributed by atoms with Crippen LogP contribution in [0.15, 0.2) is 45.9 Å². The number of amides is 1. The number of carbonyl (C=O) groups excluding carboxylic acids is 1. The molecule has 6 nitrogen and oxygen atoms in total. The van der Waals surface area contributed by atoms with Crippen molar-refractivity contribution in [2.75, 3.05) is 0 Å². The Morgan fingerprint density at radius 1 is 1.23 bits per heavy atom. The Labute approximate surface area is 188 Å². The minimum Gasteiger partial charge on any atom is -0.349 e. The molecule has 1 fully saturated rings. The smallest absolute Gasteiger partial charge is 0.242 e. The summed E-state index contributed by atoms with van der Waals surface area (Å²) in [4.78, 5) is 16.5. The van der Waals surface area contributed by atoms with Crippen LogP contribution < -0.4 is 10.0 Å². The van der Waals surface area contributed by atoms with Crippen LogP contribution in [0.3, 0.4) is 0 Å². The summed E-state index contributed by atoms with van der Waals surface area (Å²) in [6.45, 7) is 1.85. The molecule has 1 aromatic heterocycles. The molecular weight excluding hydrogens is 497 g/mol. The number of carbonyl (C=O) groups is 1. The molecule has 2 aromatic rings. The standard InChI is InChI=1S/C20H22BrClFN3O3S/c1-12(13-2-6-15(23)7-3-13)25-20(27)14-4-8-16(9-5-14)26-30(28,29)17-10-18(21)19(22)24-11-17/h2-3,6-7,10-12,14,16,26H,4-5,8-9H2,1H3,(H,25,27)/t12-,14?,16?/m1/s1. The molecule has 3 rings (SSSR count). The van der Waals surface area contributed by atoms with E-state index in [1.807, 2.05) is 6.92 Å². The van der Waals surface area contributed by atoms with Gasteiger partial charge in [-0.25, -0.2) is 22.5 Å². The third-order valence-corrected chi connectivity index (χ3v) is 7.85. The van der Waals surface area contributed by atoms with E-state index < -0.39 is 10.0 Å². The second-order valence-corrected chi connectivity index (χ2v) is 10.3. The van der Waals surface area contributed by atoms with Crippen molar-refractivity contribution in [1.82, 2.24) is 15.0 Å². The second kappa shape index (κ2) is 9.72. The van der Waals surface area contributed by atoms with Crippen molar-refractivity contribution in [3.05, 3.63) is 57.5 Å². The van der Waals surface area contributed by atoms with Gasteiger partial charge in [-0.2, -0.15) is 0 Å². The highest BCUT2D eigenvalue weighted by Gasteiger charge is 2.30. The first kappa shape index (κ1) is 23.1. The summed E-state index contributed by atoms with van der Waals surface area (Å²) < 4.78 is 41.3. The maximum absolute atomic E-state index is 13.1. The fraction of sp³-hybridized carbons (Fsp3) is 0.400. The molecule has 1 aliphatic rings. The van der Waals surface area contributed by atoms with Crippen LogP contribution >= 0.6 is 27.5 Å². The predicted octanol–water partition coefficient (Wildman–Crippen LogP) is 4.35. The number of nitrogens with zero attached hydrogens (tertiary/aromatic N) is 1. The van der Waals surface area contributed by atoms with E-state index >= 15 is 0 Å². The molecule has 0 unspecified atom stereocenters. The largest absolute Gasteiger partial charge is 0.349 e. The zero-order chi connectivity index (χ0) is 21.9. The number of hydrogen-bond donors (Lipinski definition) is 2. The molecule has 2 N–H and O–H groups in total. The Morgan fingerprint density at radius 3 is 2.47 bits per heavy atom. The molecule has 1 aromatic carbocycles. The highest BCUT2D eigenvalue weighted by molar-refractivity contribution is 9.10. The van der Waals surface area contributed by atoms with Crippen LogP contribution in [0, 0.1) is 11.7 Å². The average Bonchev–Trinajstić information content (AvgIpc) is 2.70. The van der Waals surface area contributed by atoms with Gasteiger partial charge in [0, 0.05) is 18.2 Å². The van der Waals surface area contributed by atoms with E-state index in [4.69, 9.17) is 11.6 Å². The number of nitrogens with one attached hydrogen (secondary N) is 2. The Balaban J connectivity index is 1.53. The maximum atomic E-state index is 13.1. The van der Waals surface area contributed by atoms with E-state index in [0.717, 1.165) is 5.56 Å². The van der Waals surface area contributed by atoms with Gasteiger partial charge in [-0.1, -0.05) is 23.7 Å². The molecule has 1 saturated carbocycles. The number of rotatable bonds is 6. The van der Waals surface area contributed by atoms with E-state index in [-0.39, 0.29) is 39.8 Å². The van der Waals surface area contributed by atoms with Crippen molar-refractivity contribution in [3.63, 3.8) is 0 Å². The monoisotopic (exact) mass is 517 g/mol. The van der Waals surface area contributed by atoms with Crippen molar-refractivity contribution < 1.29 is 17.6 Å². The first-order valence-electron chi connectivity index (χ1n) is 9.55. The zero-order valence-corrected chi connectivity index (χ0v) is 19.4. The van der Waals surface area contributed by atoms with Gasteiger partial charge in [0.05, 0.1) is 10.5 Å². The van der Waals surface area contributed by atoms with Crippen LogP contribution in [-0.4, -0.2) is 25.4 Å². The summed E-state index contributed by atoms with van der Waals surface area (Å²) in [6, 6.07) is 6.96. The highest BCUT2D eigenvalue weighted by Crippen LogP contribution is 2.28. The highest BCUT2D eigenvalue weighted by atomic mass is 79.9. The second-order valence-electron chi connectivity index (χ2n) is 7.40. The van der Waals surface area contributed by atoms with E-state index in [1.165, 1.54) is 24.4 Å². The van der Waals surface area contributed by atoms with Crippen LogP contribution in [0.25, 0.3) is 0 Å². The molecule has 30 heavy (non-hydrogen) atoms. The first-order valence-corrected chi connectivity index (χ1v) is 12.2. The molecule has 0 aliphatic heterocycles. The van der Waals surface area contributed by atoms with E-state index in [9.17, 15) is 17.6 Å². The summed E-state index contributed by atoms with van der Waals surface area (Å²) in [5.41, 5.74) is 0.828. The minimum atomic E-state index is -3.73. The summed E-state index contributed by atoms with van der Waals surface area (Å²) in [5.74, 6) is -0.571. The topological polar surface area (TPSA) is 88.2 Å². The average molecular weight is 519 g/mol. The number of hydrogen-bond acceptors (Lipinski definition) is 4. The van der Waals surface area contributed by atoms with Crippen LogP contribution in [0.5, 0.6) is 0 Å². The van der Waals surface area contributed by atoms with Crippen LogP contribution in [0.1, 0.15) is 44.2 Å². The van der Waals surface area contributed by atoms with E-state index in [0.29, 0.717) is 30.2 Å². The van der Waals surface area contributed by atoms with Gasteiger partial charge < -0.3 is 5.32 Å². The SMILES string of the molecule is C[C@@H](NC(=O)C1CCC(NS(=O)(=O)c2cnc(Cl)c(Br)c2)CC1)c1ccc(F)cc1. The Morgan fingerprint density at radius 2 is 1.87 bits per heavy atom. The van der Waals surface area contributed by atoms with Gasteiger partial charge in [-0.3, -0.25) is 4.79 Å². The first-order chi connectivity index (χ1) is 14.2. The zero-order valence-electron chi connectivity index (χ0n) is 16.2. The Bertz CT molecular complexity index is 1010. The molecule has 0 saturated heterocycles. The summed E-state index contributed by atoms with van der Waals surface area (Å²) in [7, 11) is -3.73. The number of benzene rings is 1. The molecule has 1 heterocycles. The molecule has 1 atom stereocenters. The molecule has 0 bridgehead atoms. The van der Waals surface area contributed by atoms with Gasteiger partial charge >= 0.3 is 0 Å². The number of aromatic nitrogens is 1. The van der Waals surface area contributed by atoms with Crippen LogP contribution in [-0.2, 0) is 14.8 Å². The molecular formula is C20H22BrClFN3O3S. The van der Waals surface area contributed by atoms with Gasteiger partial charge in [-0.05, 0) is 72.3 Å². The molecule has 1 aliphatic carbocycles. The summed E-state index contributed by atoms with van der Waals surface area (Å²) in [5, 5.41) is 3.15. The van der Waals surface area contributed by atoms with Crippen LogP contribution in [0.2, 0.25) is 5.15 Å². The lowest BCUT2D eigenvalue weighted by atomic mass is 9.85. The van der Waals surface area contributed by atoms with Crippen LogP contribution in [0.4, 0.5) is 4.39 Å². The quantitative estimate of drug-likeness (QED) is 0.557. The van der Waals surface area contributed by atoms with Gasteiger partial charge in [0.25, 0.3) is 0 Å². The summed E-state index contributed by atoms with van der Waals surface area (Å²) >= 11 is 9.00. The number of halogens is 3. The van der Waals surface area contributed by atoms with Gasteiger partial charge in [0.2, 0.25) is 15.9 Å². The fourth-order valence-corrected chi connectivity index (χ4v) is 5.36. The molecule has 0 spiro atoms. The van der Waals surface area contributed by atoms with E-state index in [2.05, 4.69) is 31.0 Å².